The Labute approximate surface area is 168 Å². The van der Waals surface area contributed by atoms with Gasteiger partial charge in [0, 0.05) is 13.0 Å². The molecule has 1 aromatic carbocycles. The molecule has 0 aromatic heterocycles. The van der Waals surface area contributed by atoms with Crippen LogP contribution in [0.5, 0.6) is 0 Å². The van der Waals surface area contributed by atoms with Crippen LogP contribution in [0.15, 0.2) is 30.3 Å². The Hall–Kier alpha value is -1.92. The number of benzene rings is 1. The summed E-state index contributed by atoms with van der Waals surface area (Å²) in [6.45, 7) is 2.77. The molecule has 6 nitrogen and oxygen atoms in total. The Balaban J connectivity index is 1.57. The van der Waals surface area contributed by atoms with E-state index < -0.39 is 11.6 Å². The van der Waals surface area contributed by atoms with E-state index in [2.05, 4.69) is 16.0 Å². The lowest BCUT2D eigenvalue weighted by Crippen LogP contribution is -2.58. The van der Waals surface area contributed by atoms with Gasteiger partial charge in [0.2, 0.25) is 11.8 Å². The van der Waals surface area contributed by atoms with Gasteiger partial charge < -0.3 is 21.7 Å². The normalized spacial score (nSPS) is 20.5. The SMILES string of the molecule is NC1(C(=O)N[C@H](Cc2ccccc2)C(=O)NCCC2CCNCC2)CCCC1. The summed E-state index contributed by atoms with van der Waals surface area (Å²) in [5.41, 5.74) is 6.49. The van der Waals surface area contributed by atoms with Crippen molar-refractivity contribution in [2.24, 2.45) is 11.7 Å². The Bertz CT molecular complexity index is 637. The highest BCUT2D eigenvalue weighted by Gasteiger charge is 2.38. The second kappa shape index (κ2) is 10.0. The number of hydrogen-bond acceptors (Lipinski definition) is 4. The van der Waals surface area contributed by atoms with Gasteiger partial charge in [0.05, 0.1) is 5.54 Å². The highest BCUT2D eigenvalue weighted by Crippen LogP contribution is 2.27. The predicted octanol–water partition coefficient (Wildman–Crippen LogP) is 1.49. The van der Waals surface area contributed by atoms with E-state index in [4.69, 9.17) is 5.73 Å². The molecule has 1 saturated heterocycles. The molecule has 6 heteroatoms. The first-order chi connectivity index (χ1) is 13.6. The molecule has 0 unspecified atom stereocenters. The van der Waals surface area contributed by atoms with Crippen LogP contribution in [-0.4, -0.2) is 43.0 Å². The minimum Gasteiger partial charge on any atom is -0.354 e. The Morgan fingerprint density at radius 2 is 1.82 bits per heavy atom. The summed E-state index contributed by atoms with van der Waals surface area (Å²) < 4.78 is 0. The molecule has 1 saturated carbocycles. The van der Waals surface area contributed by atoms with Gasteiger partial charge in [-0.2, -0.15) is 0 Å². The highest BCUT2D eigenvalue weighted by molar-refractivity contribution is 5.92. The molecule has 1 heterocycles. The molecule has 3 rings (SSSR count). The van der Waals surface area contributed by atoms with Crippen molar-refractivity contribution in [3.8, 4) is 0 Å². The van der Waals surface area contributed by atoms with E-state index in [0.717, 1.165) is 50.8 Å². The van der Waals surface area contributed by atoms with Crippen molar-refractivity contribution >= 4 is 11.8 Å². The van der Waals surface area contributed by atoms with E-state index in [0.29, 0.717) is 31.7 Å². The zero-order chi connectivity index (χ0) is 19.8. The van der Waals surface area contributed by atoms with Crippen molar-refractivity contribution in [2.45, 2.75) is 62.9 Å². The van der Waals surface area contributed by atoms with Gasteiger partial charge in [0.15, 0.2) is 0 Å². The second-order valence-electron chi connectivity index (χ2n) is 8.35. The molecule has 5 N–H and O–H groups in total. The fourth-order valence-electron chi connectivity index (χ4n) is 4.29. The second-order valence-corrected chi connectivity index (χ2v) is 8.35. The minimum atomic E-state index is -0.829. The van der Waals surface area contributed by atoms with Gasteiger partial charge in [0.25, 0.3) is 0 Å². The smallest absolute Gasteiger partial charge is 0.242 e. The van der Waals surface area contributed by atoms with Gasteiger partial charge in [-0.3, -0.25) is 9.59 Å². The van der Waals surface area contributed by atoms with Crippen LogP contribution in [0.25, 0.3) is 0 Å². The lowest BCUT2D eigenvalue weighted by Gasteiger charge is -2.27. The van der Waals surface area contributed by atoms with Gasteiger partial charge in [-0.15, -0.1) is 0 Å². The third kappa shape index (κ3) is 5.79. The summed E-state index contributed by atoms with van der Waals surface area (Å²) in [7, 11) is 0. The van der Waals surface area contributed by atoms with Crippen LogP contribution in [0.3, 0.4) is 0 Å². The van der Waals surface area contributed by atoms with Crippen molar-refractivity contribution < 1.29 is 9.59 Å². The van der Waals surface area contributed by atoms with Crippen molar-refractivity contribution in [1.82, 2.24) is 16.0 Å². The number of nitrogens with one attached hydrogen (secondary N) is 3. The van der Waals surface area contributed by atoms with Crippen LogP contribution >= 0.6 is 0 Å². The van der Waals surface area contributed by atoms with Crippen LogP contribution < -0.4 is 21.7 Å². The predicted molar refractivity (Wildman–Crippen MR) is 111 cm³/mol. The maximum atomic E-state index is 12.9. The number of piperidine rings is 1. The molecule has 1 aliphatic carbocycles. The van der Waals surface area contributed by atoms with E-state index in [1.807, 2.05) is 30.3 Å². The van der Waals surface area contributed by atoms with Crippen molar-refractivity contribution in [3.05, 3.63) is 35.9 Å². The maximum absolute atomic E-state index is 12.9. The summed E-state index contributed by atoms with van der Waals surface area (Å²) in [4.78, 5) is 25.6. The Morgan fingerprint density at radius 3 is 2.50 bits per heavy atom. The zero-order valence-electron chi connectivity index (χ0n) is 16.7. The van der Waals surface area contributed by atoms with E-state index >= 15 is 0 Å². The number of hydrogen-bond donors (Lipinski definition) is 4. The van der Waals surface area contributed by atoms with Crippen molar-refractivity contribution in [3.63, 3.8) is 0 Å². The van der Waals surface area contributed by atoms with Gasteiger partial charge in [0.1, 0.15) is 6.04 Å². The van der Waals surface area contributed by atoms with Crippen LogP contribution in [-0.2, 0) is 16.0 Å². The summed E-state index contributed by atoms with van der Waals surface area (Å²) in [6.07, 6.45) is 7.10. The standard InChI is InChI=1S/C22H34N4O2/c23-22(11-4-5-12-22)21(28)26-19(16-18-6-2-1-3-7-18)20(27)25-15-10-17-8-13-24-14-9-17/h1-3,6-7,17,19,24H,4-5,8-16,23H2,(H,25,27)(H,26,28)/t19-/m1/s1. The first-order valence-corrected chi connectivity index (χ1v) is 10.7. The lowest BCUT2D eigenvalue weighted by atomic mass is 9.94. The molecule has 1 aliphatic heterocycles. The average Bonchev–Trinajstić information content (AvgIpc) is 3.17. The van der Waals surface area contributed by atoms with Gasteiger partial charge in [-0.25, -0.2) is 0 Å². The van der Waals surface area contributed by atoms with E-state index in [1.165, 1.54) is 0 Å². The Morgan fingerprint density at radius 1 is 1.14 bits per heavy atom. The quantitative estimate of drug-likeness (QED) is 0.544. The molecule has 1 aromatic rings. The zero-order valence-corrected chi connectivity index (χ0v) is 16.7. The Kier molecular flexibility index (Phi) is 7.45. The highest BCUT2D eigenvalue weighted by atomic mass is 16.2. The van der Waals surface area contributed by atoms with Gasteiger partial charge >= 0.3 is 0 Å². The molecule has 0 spiro atoms. The fourth-order valence-corrected chi connectivity index (χ4v) is 4.29. The molecule has 2 fully saturated rings. The summed E-state index contributed by atoms with van der Waals surface area (Å²) in [5, 5.41) is 9.36. The van der Waals surface area contributed by atoms with E-state index in [9.17, 15) is 9.59 Å². The number of carbonyl (C=O) groups is 2. The molecule has 1 atom stereocenters. The van der Waals surface area contributed by atoms with Crippen molar-refractivity contribution in [1.29, 1.82) is 0 Å². The van der Waals surface area contributed by atoms with Crippen LogP contribution in [0.1, 0.15) is 50.5 Å². The minimum absolute atomic E-state index is 0.118. The number of carbonyl (C=O) groups excluding carboxylic acids is 2. The van der Waals surface area contributed by atoms with Crippen LogP contribution in [0.4, 0.5) is 0 Å². The first kappa shape index (κ1) is 20.8. The van der Waals surface area contributed by atoms with Crippen LogP contribution in [0.2, 0.25) is 0 Å². The average molecular weight is 387 g/mol. The topological polar surface area (TPSA) is 96.2 Å². The first-order valence-electron chi connectivity index (χ1n) is 10.7. The molecular formula is C22H34N4O2. The van der Waals surface area contributed by atoms with Crippen molar-refractivity contribution in [2.75, 3.05) is 19.6 Å². The summed E-state index contributed by atoms with van der Waals surface area (Å²) in [5.74, 6) is 0.349. The number of amides is 2. The molecule has 28 heavy (non-hydrogen) atoms. The monoisotopic (exact) mass is 386 g/mol. The molecule has 0 bridgehead atoms. The van der Waals surface area contributed by atoms with E-state index in [-0.39, 0.29) is 11.8 Å². The summed E-state index contributed by atoms with van der Waals surface area (Å²) in [6, 6.07) is 9.22. The molecular weight excluding hydrogens is 352 g/mol. The maximum Gasteiger partial charge on any atom is 0.242 e. The van der Waals surface area contributed by atoms with Gasteiger partial charge in [-0.1, -0.05) is 43.2 Å². The lowest BCUT2D eigenvalue weighted by molar-refractivity contribution is -0.131. The largest absolute Gasteiger partial charge is 0.354 e. The molecule has 2 amide bonds. The molecule has 2 aliphatic rings. The molecule has 0 radical (unpaired) electrons. The third-order valence-electron chi connectivity index (χ3n) is 6.16. The van der Waals surface area contributed by atoms with Crippen LogP contribution in [0, 0.1) is 5.92 Å². The number of nitrogens with two attached hydrogens (primary N) is 1. The number of rotatable bonds is 8. The fraction of sp³-hybridized carbons (Fsp3) is 0.636. The summed E-state index contributed by atoms with van der Waals surface area (Å²) >= 11 is 0. The van der Waals surface area contributed by atoms with E-state index in [1.54, 1.807) is 0 Å². The molecule has 154 valence electrons. The van der Waals surface area contributed by atoms with Gasteiger partial charge in [-0.05, 0) is 56.7 Å². The third-order valence-corrected chi connectivity index (χ3v) is 6.16.